The Bertz CT molecular complexity index is 1530. The van der Waals surface area contributed by atoms with Crippen molar-refractivity contribution in [2.45, 2.75) is 38.8 Å². The van der Waals surface area contributed by atoms with Gasteiger partial charge in [-0.2, -0.15) is 0 Å². The highest BCUT2D eigenvalue weighted by Crippen LogP contribution is 2.61. The molecule has 6 rings (SSSR count). The summed E-state index contributed by atoms with van der Waals surface area (Å²) in [5, 5.41) is 11.4. The van der Waals surface area contributed by atoms with Crippen LogP contribution in [0.25, 0.3) is 6.08 Å². The molecule has 38 heavy (non-hydrogen) atoms. The Morgan fingerprint density at radius 1 is 0.895 bits per heavy atom. The average Bonchev–Trinajstić information content (AvgIpc) is 3.34. The molecule has 0 aromatic heterocycles. The molecule has 0 unspecified atom stereocenters. The quantitative estimate of drug-likeness (QED) is 0.259. The molecule has 1 aliphatic carbocycles. The molecule has 0 amide bonds. The molecule has 7 heteroatoms. The SMILES string of the molecule is CC(C)(C)C(=O)[C@@H]1[C@@H](c2ccc([N+](=O)[O-])cc2)C2(C(=O)c3ccccc3C2=O)[C@H]2C=Cc3ccccc3N12. The van der Waals surface area contributed by atoms with Gasteiger partial charge in [-0.05, 0) is 17.2 Å². The maximum atomic E-state index is 14.5. The highest BCUT2D eigenvalue weighted by molar-refractivity contribution is 6.32. The minimum atomic E-state index is -1.60. The second-order valence-corrected chi connectivity index (χ2v) is 11.2. The van der Waals surface area contributed by atoms with Crippen LogP contribution >= 0.6 is 0 Å². The highest BCUT2D eigenvalue weighted by Gasteiger charge is 2.71. The maximum absolute atomic E-state index is 14.5. The first kappa shape index (κ1) is 24.0. The van der Waals surface area contributed by atoms with Crippen LogP contribution in [0.3, 0.4) is 0 Å². The summed E-state index contributed by atoms with van der Waals surface area (Å²) < 4.78 is 0. The van der Waals surface area contributed by atoms with E-state index in [9.17, 15) is 24.5 Å². The van der Waals surface area contributed by atoms with Crippen molar-refractivity contribution in [1.29, 1.82) is 0 Å². The first-order valence-electron chi connectivity index (χ1n) is 12.6. The van der Waals surface area contributed by atoms with Crippen LogP contribution in [-0.2, 0) is 4.79 Å². The fraction of sp³-hybridized carbons (Fsp3) is 0.258. The largest absolute Gasteiger partial charge is 0.352 e. The second kappa shape index (κ2) is 8.05. The number of Topliss-reactive ketones (excluding diaryl/α,β-unsaturated/α-hetero) is 3. The Morgan fingerprint density at radius 2 is 1.47 bits per heavy atom. The third-order valence-corrected chi connectivity index (χ3v) is 8.18. The number of nitro benzene ring substituents is 1. The molecule has 2 aliphatic heterocycles. The zero-order chi connectivity index (χ0) is 27.0. The number of anilines is 1. The fourth-order valence-electron chi connectivity index (χ4n) is 6.54. The third-order valence-electron chi connectivity index (χ3n) is 8.18. The number of carbonyl (C=O) groups excluding carboxylic acids is 3. The molecule has 3 aliphatic rings. The summed E-state index contributed by atoms with van der Waals surface area (Å²) in [6.07, 6.45) is 3.79. The Hall–Kier alpha value is -4.39. The first-order chi connectivity index (χ1) is 18.1. The monoisotopic (exact) mass is 506 g/mol. The van der Waals surface area contributed by atoms with Gasteiger partial charge in [0, 0.05) is 40.3 Å². The van der Waals surface area contributed by atoms with Crippen LogP contribution < -0.4 is 4.90 Å². The summed E-state index contributed by atoms with van der Waals surface area (Å²) in [6.45, 7) is 5.50. The lowest BCUT2D eigenvalue weighted by Gasteiger charge is -2.38. The molecule has 3 atom stereocenters. The number of hydrogen-bond donors (Lipinski definition) is 0. The van der Waals surface area contributed by atoms with Gasteiger partial charge in [0.05, 0.1) is 17.0 Å². The van der Waals surface area contributed by atoms with Gasteiger partial charge >= 0.3 is 0 Å². The van der Waals surface area contributed by atoms with E-state index in [1.165, 1.54) is 12.1 Å². The molecule has 0 bridgehead atoms. The number of fused-ring (bicyclic) bond motifs is 5. The van der Waals surface area contributed by atoms with E-state index < -0.39 is 33.8 Å². The van der Waals surface area contributed by atoms with Gasteiger partial charge in [-0.15, -0.1) is 0 Å². The zero-order valence-electron chi connectivity index (χ0n) is 21.3. The number of carbonyl (C=O) groups is 3. The molecule has 190 valence electrons. The summed E-state index contributed by atoms with van der Waals surface area (Å²) in [7, 11) is 0. The molecule has 2 heterocycles. The van der Waals surface area contributed by atoms with E-state index >= 15 is 0 Å². The summed E-state index contributed by atoms with van der Waals surface area (Å²) in [4.78, 5) is 56.1. The number of hydrogen-bond acceptors (Lipinski definition) is 6. The number of nitro groups is 1. The van der Waals surface area contributed by atoms with Gasteiger partial charge in [-0.25, -0.2) is 0 Å². The van der Waals surface area contributed by atoms with E-state index in [0.717, 1.165) is 11.3 Å². The lowest BCUT2D eigenvalue weighted by atomic mass is 9.63. The summed E-state index contributed by atoms with van der Waals surface area (Å²) in [5.41, 5.74) is 0.431. The minimum absolute atomic E-state index is 0.102. The van der Waals surface area contributed by atoms with E-state index in [1.807, 2.05) is 62.1 Å². The number of para-hydroxylation sites is 1. The molecule has 0 saturated carbocycles. The van der Waals surface area contributed by atoms with Crippen LogP contribution in [0.4, 0.5) is 11.4 Å². The normalized spacial score (nSPS) is 22.8. The van der Waals surface area contributed by atoms with Crippen LogP contribution in [0.15, 0.2) is 78.9 Å². The molecular weight excluding hydrogens is 480 g/mol. The summed E-state index contributed by atoms with van der Waals surface area (Å²) >= 11 is 0. The highest BCUT2D eigenvalue weighted by atomic mass is 16.6. The molecule has 1 fully saturated rings. The third kappa shape index (κ3) is 3.05. The van der Waals surface area contributed by atoms with Gasteiger partial charge in [-0.3, -0.25) is 24.5 Å². The number of nitrogens with zero attached hydrogens (tertiary/aromatic N) is 2. The maximum Gasteiger partial charge on any atom is 0.269 e. The first-order valence-corrected chi connectivity index (χ1v) is 12.6. The Labute approximate surface area is 219 Å². The van der Waals surface area contributed by atoms with Gasteiger partial charge in [0.25, 0.3) is 5.69 Å². The van der Waals surface area contributed by atoms with Crippen molar-refractivity contribution in [3.8, 4) is 0 Å². The van der Waals surface area contributed by atoms with Crippen molar-refractivity contribution in [1.82, 2.24) is 0 Å². The predicted molar refractivity (Wildman–Crippen MR) is 143 cm³/mol. The van der Waals surface area contributed by atoms with E-state index in [1.54, 1.807) is 36.4 Å². The molecule has 1 saturated heterocycles. The lowest BCUT2D eigenvalue weighted by Crippen LogP contribution is -2.49. The van der Waals surface area contributed by atoms with E-state index in [4.69, 9.17) is 0 Å². The van der Waals surface area contributed by atoms with Crippen LogP contribution in [0.5, 0.6) is 0 Å². The summed E-state index contributed by atoms with van der Waals surface area (Å²) in [5.74, 6) is -1.60. The van der Waals surface area contributed by atoms with Crippen molar-refractivity contribution >= 4 is 34.8 Å². The number of non-ortho nitro benzene ring substituents is 1. The fourth-order valence-corrected chi connectivity index (χ4v) is 6.54. The van der Waals surface area contributed by atoms with Crippen LogP contribution in [0.1, 0.15) is 58.5 Å². The minimum Gasteiger partial charge on any atom is -0.352 e. The van der Waals surface area contributed by atoms with Gasteiger partial charge in [0.15, 0.2) is 17.3 Å². The number of benzene rings is 3. The van der Waals surface area contributed by atoms with E-state index in [-0.39, 0.29) is 23.0 Å². The van der Waals surface area contributed by atoms with Crippen molar-refractivity contribution in [3.05, 3.63) is 111 Å². The smallest absolute Gasteiger partial charge is 0.269 e. The molecular formula is C31H26N2O5. The summed E-state index contributed by atoms with van der Waals surface area (Å²) in [6, 6.07) is 18.8. The zero-order valence-corrected chi connectivity index (χ0v) is 21.3. The van der Waals surface area contributed by atoms with Gasteiger partial charge < -0.3 is 4.90 Å². The second-order valence-electron chi connectivity index (χ2n) is 11.2. The van der Waals surface area contributed by atoms with Crippen LogP contribution in [-0.4, -0.2) is 34.4 Å². The van der Waals surface area contributed by atoms with E-state index in [0.29, 0.717) is 16.7 Å². The van der Waals surface area contributed by atoms with Gasteiger partial charge in [0.1, 0.15) is 5.41 Å². The van der Waals surface area contributed by atoms with Crippen molar-refractivity contribution < 1.29 is 19.3 Å². The lowest BCUT2D eigenvalue weighted by molar-refractivity contribution is -0.384. The van der Waals surface area contributed by atoms with E-state index in [2.05, 4.69) is 0 Å². The van der Waals surface area contributed by atoms with Gasteiger partial charge in [0.2, 0.25) is 0 Å². The van der Waals surface area contributed by atoms with Crippen LogP contribution in [0.2, 0.25) is 0 Å². The molecule has 3 aromatic carbocycles. The Morgan fingerprint density at radius 3 is 2.05 bits per heavy atom. The average molecular weight is 507 g/mol. The van der Waals surface area contributed by atoms with Crippen molar-refractivity contribution in [3.63, 3.8) is 0 Å². The van der Waals surface area contributed by atoms with Crippen molar-refractivity contribution in [2.24, 2.45) is 10.8 Å². The number of rotatable bonds is 3. The Balaban J connectivity index is 1.68. The molecule has 0 N–H and O–H groups in total. The van der Waals surface area contributed by atoms with Crippen molar-refractivity contribution in [2.75, 3.05) is 4.90 Å². The molecule has 1 spiro atoms. The number of ketones is 3. The van der Waals surface area contributed by atoms with Gasteiger partial charge in [-0.1, -0.05) is 87.5 Å². The predicted octanol–water partition coefficient (Wildman–Crippen LogP) is 5.64. The molecule has 3 aromatic rings. The standard InChI is InChI=1S/C31H26N2O5/c1-30(2,3)29(36)26-25(19-12-15-20(16-13-19)33(37)38)31(27(34)21-9-5-6-10-22(21)28(31)35)24-17-14-18-8-4-7-11-23(18)32(24)26/h4-17,24-26H,1-3H3/t24-,25-,26+/m1/s1. The molecule has 7 nitrogen and oxygen atoms in total. The topological polar surface area (TPSA) is 97.6 Å². The molecule has 0 radical (unpaired) electrons. The Kier molecular flexibility index (Phi) is 5.08. The van der Waals surface area contributed by atoms with Crippen LogP contribution in [0, 0.1) is 20.9 Å².